The number of nitrogens with zero attached hydrogens (tertiary/aromatic N) is 3. The highest BCUT2D eigenvalue weighted by atomic mass is 19.2. The van der Waals surface area contributed by atoms with Gasteiger partial charge in [0.2, 0.25) is 5.82 Å². The topological polar surface area (TPSA) is 68.0 Å². The van der Waals surface area contributed by atoms with E-state index in [4.69, 9.17) is 5.11 Å². The molecular formula is C10H4F5N3O2. The first-order valence-corrected chi connectivity index (χ1v) is 4.94. The summed E-state index contributed by atoms with van der Waals surface area (Å²) in [5, 5.41) is 11.8. The number of aromatic carboxylic acids is 1. The van der Waals surface area contributed by atoms with Crippen molar-refractivity contribution in [3.05, 3.63) is 40.7 Å². The van der Waals surface area contributed by atoms with Gasteiger partial charge in [-0.15, -0.1) is 5.10 Å². The predicted molar refractivity (Wildman–Crippen MR) is 52.8 cm³/mol. The smallest absolute Gasteiger partial charge is 0.375 e. The Labute approximate surface area is 107 Å². The first-order valence-electron chi connectivity index (χ1n) is 4.94. The van der Waals surface area contributed by atoms with E-state index in [0.29, 0.717) is 0 Å². The molecule has 1 heterocycles. The minimum atomic E-state index is -2.32. The van der Waals surface area contributed by atoms with Crippen LogP contribution in [0, 0.1) is 36.0 Å². The average molecular weight is 293 g/mol. The maximum absolute atomic E-state index is 13.5. The van der Waals surface area contributed by atoms with Crippen molar-refractivity contribution in [2.45, 2.75) is 6.92 Å². The molecule has 0 atom stereocenters. The van der Waals surface area contributed by atoms with E-state index in [1.54, 1.807) is 0 Å². The first kappa shape index (κ1) is 13.9. The SMILES string of the molecule is Cc1nc(C(=O)O)nn1-c1c(F)c(F)c(F)c(F)c1F. The normalized spacial score (nSPS) is 10.9. The van der Waals surface area contributed by atoms with Gasteiger partial charge in [-0.1, -0.05) is 0 Å². The van der Waals surface area contributed by atoms with Crippen molar-refractivity contribution in [3.8, 4) is 5.69 Å². The fraction of sp³-hybridized carbons (Fsp3) is 0.100. The highest BCUT2D eigenvalue weighted by Crippen LogP contribution is 2.26. The third-order valence-electron chi connectivity index (χ3n) is 2.36. The quantitative estimate of drug-likeness (QED) is 0.522. The molecule has 0 aliphatic carbocycles. The number of carboxylic acids is 1. The second-order valence-corrected chi connectivity index (χ2v) is 3.62. The zero-order valence-corrected chi connectivity index (χ0v) is 9.59. The number of hydrogen-bond acceptors (Lipinski definition) is 3. The molecule has 0 radical (unpaired) electrons. The van der Waals surface area contributed by atoms with Crippen LogP contribution in [-0.4, -0.2) is 25.8 Å². The van der Waals surface area contributed by atoms with Crippen molar-refractivity contribution in [1.82, 2.24) is 14.8 Å². The second-order valence-electron chi connectivity index (χ2n) is 3.62. The number of benzene rings is 1. The Morgan fingerprint density at radius 1 is 1.00 bits per heavy atom. The van der Waals surface area contributed by atoms with Crippen molar-refractivity contribution >= 4 is 5.97 Å². The van der Waals surface area contributed by atoms with E-state index in [2.05, 4.69) is 10.1 Å². The lowest BCUT2D eigenvalue weighted by Crippen LogP contribution is -2.12. The van der Waals surface area contributed by atoms with E-state index in [1.165, 1.54) is 0 Å². The Kier molecular flexibility index (Phi) is 3.16. The highest BCUT2D eigenvalue weighted by Gasteiger charge is 2.29. The van der Waals surface area contributed by atoms with Crippen molar-refractivity contribution in [2.75, 3.05) is 0 Å². The van der Waals surface area contributed by atoms with E-state index in [0.717, 1.165) is 6.92 Å². The van der Waals surface area contributed by atoms with Crippen molar-refractivity contribution in [2.24, 2.45) is 0 Å². The van der Waals surface area contributed by atoms with E-state index in [1.807, 2.05) is 0 Å². The lowest BCUT2D eigenvalue weighted by Gasteiger charge is -2.08. The molecule has 2 rings (SSSR count). The minimum absolute atomic E-state index is 0.236. The number of rotatable bonds is 2. The molecule has 2 aromatic rings. The zero-order chi connectivity index (χ0) is 15.2. The predicted octanol–water partition coefficient (Wildman–Crippen LogP) is 1.97. The molecule has 20 heavy (non-hydrogen) atoms. The summed E-state index contributed by atoms with van der Waals surface area (Å²) in [6.45, 7) is 1.09. The van der Waals surface area contributed by atoms with Gasteiger partial charge in [0, 0.05) is 0 Å². The van der Waals surface area contributed by atoms with Gasteiger partial charge >= 0.3 is 5.97 Å². The van der Waals surface area contributed by atoms with Crippen LogP contribution in [-0.2, 0) is 0 Å². The molecule has 0 aliphatic heterocycles. The Balaban J connectivity index is 2.80. The average Bonchev–Trinajstić information content (AvgIpc) is 2.77. The first-order chi connectivity index (χ1) is 9.25. The third kappa shape index (κ3) is 1.89. The Morgan fingerprint density at radius 2 is 1.45 bits per heavy atom. The number of hydrogen-bond donors (Lipinski definition) is 1. The summed E-state index contributed by atoms with van der Waals surface area (Å²) in [6, 6.07) is 0. The van der Waals surface area contributed by atoms with Gasteiger partial charge in [0.1, 0.15) is 11.5 Å². The van der Waals surface area contributed by atoms with Crippen LogP contribution >= 0.6 is 0 Å². The van der Waals surface area contributed by atoms with Crippen molar-refractivity contribution in [1.29, 1.82) is 0 Å². The van der Waals surface area contributed by atoms with Gasteiger partial charge in [-0.2, -0.15) is 0 Å². The summed E-state index contributed by atoms with van der Waals surface area (Å²) in [7, 11) is 0. The maximum Gasteiger partial charge on any atom is 0.375 e. The fourth-order valence-corrected chi connectivity index (χ4v) is 1.47. The molecule has 0 saturated heterocycles. The van der Waals surface area contributed by atoms with Crippen LogP contribution in [0.4, 0.5) is 22.0 Å². The number of carboxylic acid groups (broad SMARTS) is 1. The summed E-state index contributed by atoms with van der Waals surface area (Å²) < 4.78 is 66.3. The van der Waals surface area contributed by atoms with Crippen LogP contribution < -0.4 is 0 Å². The standard InChI is InChI=1S/C10H4F5N3O2/c1-2-16-9(10(19)20)17-18(2)8-6(14)4(12)3(11)5(13)7(8)15/h1H3,(H,19,20). The molecule has 0 aliphatic rings. The molecule has 1 aromatic heterocycles. The lowest BCUT2D eigenvalue weighted by atomic mass is 10.2. The number of carbonyl (C=O) groups is 1. The summed E-state index contributed by atoms with van der Waals surface area (Å²) in [5.41, 5.74) is -1.39. The summed E-state index contributed by atoms with van der Waals surface area (Å²) in [5.74, 6) is -13.7. The lowest BCUT2D eigenvalue weighted by molar-refractivity contribution is 0.0683. The van der Waals surface area contributed by atoms with Crippen LogP contribution in [0.1, 0.15) is 16.4 Å². The van der Waals surface area contributed by atoms with Gasteiger partial charge in [-0.3, -0.25) is 0 Å². The summed E-state index contributed by atoms with van der Waals surface area (Å²) >= 11 is 0. The van der Waals surface area contributed by atoms with Crippen LogP contribution in [0.3, 0.4) is 0 Å². The summed E-state index contributed by atoms with van der Waals surface area (Å²) in [6.07, 6.45) is 0. The molecule has 0 spiro atoms. The largest absolute Gasteiger partial charge is 0.475 e. The van der Waals surface area contributed by atoms with E-state index in [9.17, 15) is 26.7 Å². The molecule has 0 fully saturated rings. The molecule has 5 nitrogen and oxygen atoms in total. The van der Waals surface area contributed by atoms with Crippen LogP contribution in [0.15, 0.2) is 0 Å². The maximum atomic E-state index is 13.5. The van der Waals surface area contributed by atoms with Gasteiger partial charge in [0.05, 0.1) is 0 Å². The molecular weight excluding hydrogens is 289 g/mol. The van der Waals surface area contributed by atoms with E-state index in [-0.39, 0.29) is 10.5 Å². The highest BCUT2D eigenvalue weighted by molar-refractivity contribution is 5.83. The number of aromatic nitrogens is 3. The van der Waals surface area contributed by atoms with Crippen LogP contribution in [0.25, 0.3) is 5.69 Å². The van der Waals surface area contributed by atoms with Crippen LogP contribution in [0.5, 0.6) is 0 Å². The molecule has 0 unspecified atom stereocenters. The molecule has 0 saturated carbocycles. The Bertz CT molecular complexity index is 699. The van der Waals surface area contributed by atoms with Gasteiger partial charge in [0.25, 0.3) is 5.82 Å². The monoisotopic (exact) mass is 293 g/mol. The van der Waals surface area contributed by atoms with Crippen molar-refractivity contribution in [3.63, 3.8) is 0 Å². The minimum Gasteiger partial charge on any atom is -0.475 e. The third-order valence-corrected chi connectivity index (χ3v) is 2.36. The van der Waals surface area contributed by atoms with Crippen molar-refractivity contribution < 1.29 is 31.9 Å². The Morgan fingerprint density at radius 3 is 1.85 bits per heavy atom. The molecule has 1 N–H and O–H groups in total. The number of aryl methyl sites for hydroxylation is 1. The van der Waals surface area contributed by atoms with Gasteiger partial charge in [-0.05, 0) is 6.92 Å². The molecule has 0 amide bonds. The Hall–Kier alpha value is -2.52. The molecule has 0 bridgehead atoms. The molecule has 10 heteroatoms. The molecule has 106 valence electrons. The fourth-order valence-electron chi connectivity index (χ4n) is 1.47. The van der Waals surface area contributed by atoms with Gasteiger partial charge < -0.3 is 5.11 Å². The summed E-state index contributed by atoms with van der Waals surface area (Å²) in [4.78, 5) is 14.0. The van der Waals surface area contributed by atoms with Crippen LogP contribution in [0.2, 0.25) is 0 Å². The van der Waals surface area contributed by atoms with Gasteiger partial charge in [-0.25, -0.2) is 36.4 Å². The zero-order valence-electron chi connectivity index (χ0n) is 9.59. The van der Waals surface area contributed by atoms with E-state index < -0.39 is 46.6 Å². The molecule has 1 aromatic carbocycles. The number of halogens is 5. The second kappa shape index (κ2) is 4.54. The van der Waals surface area contributed by atoms with E-state index >= 15 is 0 Å². The van der Waals surface area contributed by atoms with Gasteiger partial charge in [0.15, 0.2) is 23.3 Å².